The van der Waals surface area contributed by atoms with Gasteiger partial charge in [-0.05, 0) is 309 Å². The molecule has 0 saturated carbocycles. The Hall–Kier alpha value is -15.8. The highest BCUT2D eigenvalue weighted by molar-refractivity contribution is 7.26. The summed E-state index contributed by atoms with van der Waals surface area (Å²) in [4.78, 5) is 7.16. The quantitative estimate of drug-likeness (QED) is 0.114. The van der Waals surface area contributed by atoms with Gasteiger partial charge in [0.2, 0.25) is 0 Å². The Labute approximate surface area is 811 Å². The van der Waals surface area contributed by atoms with Gasteiger partial charge >= 0.3 is 0 Å². The third-order valence-corrected chi connectivity index (χ3v) is 32.6. The van der Waals surface area contributed by atoms with Gasteiger partial charge in [0.15, 0.2) is 0 Å². The van der Waals surface area contributed by atoms with E-state index < -0.39 is 0 Å². The molecule has 0 fully saturated rings. The molecule has 3 aliphatic rings. The zero-order valence-electron chi connectivity index (χ0n) is 77.0. The van der Waals surface area contributed by atoms with Crippen molar-refractivity contribution in [3.8, 4) is 77.9 Å². The maximum absolute atomic E-state index is 2.46. The average molecular weight is 1810 g/mol. The summed E-state index contributed by atoms with van der Waals surface area (Å²) >= 11 is 5.69. The topological polar surface area (TPSA) is 9.72 Å². The van der Waals surface area contributed by atoms with Gasteiger partial charge in [0.25, 0.3) is 0 Å². The molecule has 0 radical (unpaired) electrons. The molecule has 21 aromatic carbocycles. The number of benzene rings is 21. The van der Waals surface area contributed by atoms with E-state index in [1.54, 1.807) is 0 Å². The number of thiophene rings is 3. The van der Waals surface area contributed by atoms with Crippen molar-refractivity contribution in [3.63, 3.8) is 0 Å². The predicted octanol–water partition coefficient (Wildman–Crippen LogP) is 38.5. The molecule has 3 heterocycles. The molecule has 0 saturated heterocycles. The van der Waals surface area contributed by atoms with Crippen LogP contribution in [0, 0.1) is 0 Å². The lowest BCUT2D eigenvalue weighted by molar-refractivity contribution is 0.661. The first kappa shape index (κ1) is 83.1. The highest BCUT2D eigenvalue weighted by Crippen LogP contribution is 2.58. The van der Waals surface area contributed by atoms with Gasteiger partial charge in [-0.25, -0.2) is 0 Å². The first-order chi connectivity index (χ1) is 67.1. The molecule has 3 aromatic heterocycles. The zero-order valence-corrected chi connectivity index (χ0v) is 79.5. The second-order valence-electron chi connectivity index (χ2n) is 38.3. The molecule has 27 rings (SSSR count). The second kappa shape index (κ2) is 33.4. The lowest BCUT2D eigenvalue weighted by atomic mass is 9.82. The fourth-order valence-electron chi connectivity index (χ4n) is 22.0. The minimum atomic E-state index is -0.111. The van der Waals surface area contributed by atoms with Crippen molar-refractivity contribution < 1.29 is 0 Å². The van der Waals surface area contributed by atoms with Gasteiger partial charge in [0.1, 0.15) is 0 Å². The van der Waals surface area contributed by atoms with Crippen LogP contribution in [0.1, 0.15) is 74.9 Å². The SMILES string of the molecule is CC1(C)c2cc(N(c3ccccc3)c3ccc(-c4ccc5ccccc5c4)cc3)ccc2-c2cc3sc4ccccc4c3cc21.CC1(C)c2ccc(N(c3ccc(-c4ccccc4)cc3)c3ccc(-c4ccccc4)cc3)cc2-c2cc3sc4ccccc4c3cc21.CC1(C)c2ccc(N(c3ccccc3)c3ccc(-c4ccc5ccccc5c4)cc3)cc2-c2cc3sc4ccccc4c3cc21. The zero-order chi connectivity index (χ0) is 91.8. The molecule has 0 N–H and O–H groups in total. The summed E-state index contributed by atoms with van der Waals surface area (Å²) in [5.74, 6) is 0. The largest absolute Gasteiger partial charge is 0.310 e. The molecule has 652 valence electrons. The van der Waals surface area contributed by atoms with Gasteiger partial charge in [-0.2, -0.15) is 0 Å². The number of rotatable bonds is 13. The molecule has 0 unspecified atom stereocenters. The van der Waals surface area contributed by atoms with Crippen molar-refractivity contribution in [2.24, 2.45) is 0 Å². The van der Waals surface area contributed by atoms with Gasteiger partial charge in [-0.3, -0.25) is 0 Å². The van der Waals surface area contributed by atoms with Crippen LogP contribution in [0.4, 0.5) is 51.2 Å². The number of fused-ring (bicyclic) bond motifs is 20. The molecule has 24 aromatic rings. The summed E-state index contributed by atoms with van der Waals surface area (Å²) in [5, 5.41) is 13.2. The summed E-state index contributed by atoms with van der Waals surface area (Å²) in [6.07, 6.45) is 0. The minimum absolute atomic E-state index is 0.0699. The molecule has 3 nitrogen and oxygen atoms in total. The van der Waals surface area contributed by atoms with E-state index in [2.05, 4.69) is 523 Å². The van der Waals surface area contributed by atoms with Crippen LogP contribution in [-0.2, 0) is 16.2 Å². The monoisotopic (exact) mass is 1810 g/mol. The maximum atomic E-state index is 2.46. The molecule has 6 heteroatoms. The van der Waals surface area contributed by atoms with Crippen molar-refractivity contribution in [2.45, 2.75) is 57.8 Å². The third-order valence-electron chi connectivity index (χ3n) is 29.2. The molecule has 0 bridgehead atoms. The van der Waals surface area contributed by atoms with Crippen LogP contribution in [0.2, 0.25) is 0 Å². The normalized spacial score (nSPS) is 13.2. The average Bonchev–Trinajstić information content (AvgIpc) is 1.56. The molecular weight excluding hydrogens is 1710 g/mol. The van der Waals surface area contributed by atoms with Crippen molar-refractivity contribution in [1.82, 2.24) is 0 Å². The number of anilines is 9. The summed E-state index contributed by atoms with van der Waals surface area (Å²) < 4.78 is 8.12. The lowest BCUT2D eigenvalue weighted by Gasteiger charge is -2.28. The first-order valence-electron chi connectivity index (χ1n) is 47.5. The van der Waals surface area contributed by atoms with Crippen LogP contribution in [0.5, 0.6) is 0 Å². The number of para-hydroxylation sites is 2. The van der Waals surface area contributed by atoms with Gasteiger partial charge in [0, 0.05) is 128 Å². The molecular formula is C131H95N3S3. The Morgan fingerprint density at radius 3 is 0.759 bits per heavy atom. The summed E-state index contributed by atoms with van der Waals surface area (Å²) in [5.41, 5.74) is 36.3. The molecule has 0 spiro atoms. The Kier molecular flexibility index (Phi) is 20.2. The molecule has 0 amide bonds. The van der Waals surface area contributed by atoms with Crippen molar-refractivity contribution in [3.05, 3.63) is 500 Å². The fourth-order valence-corrected chi connectivity index (χ4v) is 25.4. The van der Waals surface area contributed by atoms with Gasteiger partial charge in [-0.15, -0.1) is 34.0 Å². The fraction of sp³-hybridized carbons (Fsp3) is 0.0687. The number of hydrogen-bond acceptors (Lipinski definition) is 6. The second-order valence-corrected chi connectivity index (χ2v) is 41.5. The standard InChI is InChI=1S/C45H33NS.2C43H31NS/c1-45(2)41-26-25-36(27-38(41)39-29-44-40(28-42(39)45)37-15-9-10-16-43(37)47-44)46(34-21-17-32(18-22-34)30-11-5-3-6-12-30)35-23-19-33(20-24-35)31-13-7-4-8-14-31;1-43(2)39-25-34(22-23-35(39)37-27-42-38(26-40(37)43)36-14-8-9-15-41(36)45-42)44(32-12-4-3-5-13-32)33-20-18-29(19-21-33)31-17-16-28-10-6-7-11-30(28)24-31;1-43(2)39-23-22-34(25-36(39)37-27-42-38(26-40(37)43)35-14-8-9-15-41(35)45-42)44(32-12-4-3-5-13-32)33-20-18-29(19-21-33)31-17-16-28-10-6-7-11-30(28)24-31/h3-29H,1-2H3;2*3-27H,1-2H3. The van der Waals surface area contributed by atoms with Crippen LogP contribution in [-0.4, -0.2) is 0 Å². The van der Waals surface area contributed by atoms with Gasteiger partial charge < -0.3 is 14.7 Å². The van der Waals surface area contributed by atoms with Crippen LogP contribution in [0.25, 0.3) is 160 Å². The van der Waals surface area contributed by atoms with Crippen LogP contribution in [0.3, 0.4) is 0 Å². The smallest absolute Gasteiger partial charge is 0.0468 e. The van der Waals surface area contributed by atoms with E-state index in [0.29, 0.717) is 0 Å². The molecule has 0 aliphatic heterocycles. The molecule has 3 aliphatic carbocycles. The third kappa shape index (κ3) is 14.5. The van der Waals surface area contributed by atoms with Crippen LogP contribution in [0.15, 0.2) is 467 Å². The summed E-state index contributed by atoms with van der Waals surface area (Å²) in [6, 6.07) is 171. The van der Waals surface area contributed by atoms with E-state index in [4.69, 9.17) is 0 Å². The van der Waals surface area contributed by atoms with Crippen molar-refractivity contribution in [2.75, 3.05) is 14.7 Å². The van der Waals surface area contributed by atoms with E-state index in [1.165, 1.54) is 205 Å². The Morgan fingerprint density at radius 2 is 0.394 bits per heavy atom. The highest BCUT2D eigenvalue weighted by Gasteiger charge is 2.41. The number of nitrogens with zero attached hydrogens (tertiary/aromatic N) is 3. The van der Waals surface area contributed by atoms with Crippen LogP contribution >= 0.6 is 34.0 Å². The summed E-state index contributed by atoms with van der Waals surface area (Å²) in [7, 11) is 0. The van der Waals surface area contributed by atoms with Crippen molar-refractivity contribution in [1.29, 1.82) is 0 Å². The Morgan fingerprint density at radius 1 is 0.146 bits per heavy atom. The minimum Gasteiger partial charge on any atom is -0.310 e. The highest BCUT2D eigenvalue weighted by atomic mass is 32.1. The van der Waals surface area contributed by atoms with Crippen LogP contribution < -0.4 is 14.7 Å². The van der Waals surface area contributed by atoms with E-state index in [9.17, 15) is 0 Å². The predicted molar refractivity (Wildman–Crippen MR) is 591 cm³/mol. The van der Waals surface area contributed by atoms with E-state index >= 15 is 0 Å². The maximum Gasteiger partial charge on any atom is 0.0468 e. The van der Waals surface area contributed by atoms with E-state index in [0.717, 1.165) is 39.8 Å². The van der Waals surface area contributed by atoms with Crippen molar-refractivity contribution >= 4 is 167 Å². The Bertz CT molecular complexity index is 8750. The molecule has 0 atom stereocenters. The van der Waals surface area contributed by atoms with E-state index in [1.807, 2.05) is 34.0 Å². The van der Waals surface area contributed by atoms with Gasteiger partial charge in [-0.1, -0.05) is 333 Å². The molecule has 137 heavy (non-hydrogen) atoms. The number of hydrogen-bond donors (Lipinski definition) is 0. The first-order valence-corrected chi connectivity index (χ1v) is 49.9. The lowest BCUT2D eigenvalue weighted by Crippen LogP contribution is -2.16. The Balaban J connectivity index is 0.000000109. The van der Waals surface area contributed by atoms with Gasteiger partial charge in [0.05, 0.1) is 0 Å². The summed E-state index contributed by atoms with van der Waals surface area (Å²) in [6.45, 7) is 14.3. The van der Waals surface area contributed by atoms with E-state index in [-0.39, 0.29) is 16.2 Å².